The van der Waals surface area contributed by atoms with Gasteiger partial charge in [-0.15, -0.1) is 24.9 Å². The van der Waals surface area contributed by atoms with Crippen LogP contribution in [0.4, 0.5) is 11.4 Å². The minimum Gasteiger partial charge on any atom is -0.465 e. The zero-order valence-electron chi connectivity index (χ0n) is 27.9. The standard InChI is InChI=1S/C36H53N3O5S/c1-8-12-13-14-22-44-34(43)30-29-32(41)39(28(24-40)23-25(5)6)31(36(29)20-19-35(30,7)45-36)33(42)38(21-9-2)27-17-15-26(16-18-27)37(10-3)11-4/h8-9,15-18,25,28-31,40H,1-2,10-14,19-24H2,3-7H3/t28-,29+,30-,31?,35+,36?/m1/s1. The monoisotopic (exact) mass is 639 g/mol. The van der Waals surface area contributed by atoms with Gasteiger partial charge in [0, 0.05) is 35.8 Å². The van der Waals surface area contributed by atoms with Crippen molar-refractivity contribution in [3.63, 3.8) is 0 Å². The summed E-state index contributed by atoms with van der Waals surface area (Å²) in [5, 5.41) is 10.6. The number of anilines is 2. The highest BCUT2D eigenvalue weighted by Crippen LogP contribution is 2.72. The van der Waals surface area contributed by atoms with E-state index < -0.39 is 33.4 Å². The SMILES string of the molecule is C=CCCCCOC(=O)[C@H]1[C@H]2C(=O)N([C@@H](CO)CC(C)C)C(C(=O)N(CC=C)c3ccc(N(CC)CC)cc3)C23CC[C@]1(C)S3. The molecule has 9 heteroatoms. The zero-order valence-corrected chi connectivity index (χ0v) is 28.7. The number of hydrogen-bond acceptors (Lipinski definition) is 7. The number of nitrogens with zero attached hydrogens (tertiary/aromatic N) is 3. The number of amides is 2. The predicted molar refractivity (Wildman–Crippen MR) is 183 cm³/mol. The largest absolute Gasteiger partial charge is 0.465 e. The summed E-state index contributed by atoms with van der Waals surface area (Å²) >= 11 is 1.63. The van der Waals surface area contributed by atoms with Gasteiger partial charge in [-0.3, -0.25) is 14.4 Å². The first-order valence-electron chi connectivity index (χ1n) is 16.7. The number of carbonyl (C=O) groups excluding carboxylic acids is 3. The normalized spacial score (nSPS) is 27.4. The Morgan fingerprint density at radius 3 is 2.36 bits per heavy atom. The molecule has 3 fully saturated rings. The number of hydrogen-bond donors (Lipinski definition) is 1. The van der Waals surface area contributed by atoms with Crippen molar-refractivity contribution in [3.05, 3.63) is 49.6 Å². The number of benzene rings is 1. The van der Waals surface area contributed by atoms with Crippen LogP contribution in [-0.4, -0.2) is 82.2 Å². The number of rotatable bonds is 17. The molecule has 45 heavy (non-hydrogen) atoms. The lowest BCUT2D eigenvalue weighted by atomic mass is 9.66. The van der Waals surface area contributed by atoms with Gasteiger partial charge in [0.25, 0.3) is 5.91 Å². The highest BCUT2D eigenvalue weighted by atomic mass is 32.2. The molecule has 8 nitrogen and oxygen atoms in total. The van der Waals surface area contributed by atoms with Gasteiger partial charge in [-0.05, 0) is 89.5 Å². The van der Waals surface area contributed by atoms with Crippen molar-refractivity contribution in [2.24, 2.45) is 17.8 Å². The Balaban J connectivity index is 1.74. The highest BCUT2D eigenvalue weighted by Gasteiger charge is 2.78. The maximum absolute atomic E-state index is 15.0. The van der Waals surface area contributed by atoms with Crippen molar-refractivity contribution in [2.75, 3.05) is 42.6 Å². The molecule has 2 bridgehead atoms. The second-order valence-electron chi connectivity index (χ2n) is 13.3. The summed E-state index contributed by atoms with van der Waals surface area (Å²) in [6, 6.07) is 6.59. The minimum absolute atomic E-state index is 0.193. The second kappa shape index (κ2) is 14.8. The number of fused-ring (bicyclic) bond motifs is 1. The summed E-state index contributed by atoms with van der Waals surface area (Å²) in [6.45, 7) is 20.1. The molecule has 3 aliphatic heterocycles. The lowest BCUT2D eigenvalue weighted by Gasteiger charge is -2.40. The Hall–Kier alpha value is -2.78. The summed E-state index contributed by atoms with van der Waals surface area (Å²) < 4.78 is 4.51. The summed E-state index contributed by atoms with van der Waals surface area (Å²) in [7, 11) is 0. The van der Waals surface area contributed by atoms with E-state index in [0.29, 0.717) is 25.9 Å². The maximum atomic E-state index is 15.0. The van der Waals surface area contributed by atoms with Crippen LogP contribution in [-0.2, 0) is 19.1 Å². The first kappa shape index (κ1) is 35.1. The van der Waals surface area contributed by atoms with Crippen LogP contribution >= 0.6 is 11.8 Å². The lowest BCUT2D eigenvalue weighted by Crippen LogP contribution is -2.57. The topological polar surface area (TPSA) is 90.4 Å². The predicted octanol–water partition coefficient (Wildman–Crippen LogP) is 5.84. The summed E-state index contributed by atoms with van der Waals surface area (Å²) in [6.07, 6.45) is 7.93. The first-order chi connectivity index (χ1) is 21.5. The Morgan fingerprint density at radius 2 is 1.78 bits per heavy atom. The van der Waals surface area contributed by atoms with Crippen LogP contribution in [0.5, 0.6) is 0 Å². The van der Waals surface area contributed by atoms with Crippen molar-refractivity contribution in [1.82, 2.24) is 4.90 Å². The fraction of sp³-hybridized carbons (Fsp3) is 0.639. The van der Waals surface area contributed by atoms with E-state index in [9.17, 15) is 19.5 Å². The van der Waals surface area contributed by atoms with Gasteiger partial charge in [0.15, 0.2) is 0 Å². The van der Waals surface area contributed by atoms with Crippen molar-refractivity contribution < 1.29 is 24.2 Å². The number of esters is 1. The number of thioether (sulfide) groups is 1. The van der Waals surface area contributed by atoms with Crippen LogP contribution in [0.15, 0.2) is 49.6 Å². The molecule has 3 heterocycles. The summed E-state index contributed by atoms with van der Waals surface area (Å²) in [5.41, 5.74) is 1.80. The minimum atomic E-state index is -0.828. The number of aliphatic hydroxyl groups excluding tert-OH is 1. The average Bonchev–Trinajstić information content (AvgIpc) is 3.59. The van der Waals surface area contributed by atoms with Gasteiger partial charge < -0.3 is 24.5 Å². The molecule has 1 spiro atoms. The molecule has 248 valence electrons. The number of unbranched alkanes of at least 4 members (excludes halogenated alkanes) is 2. The van der Waals surface area contributed by atoms with E-state index in [0.717, 1.165) is 43.7 Å². The lowest BCUT2D eigenvalue weighted by molar-refractivity contribution is -0.156. The van der Waals surface area contributed by atoms with Crippen LogP contribution in [0.1, 0.15) is 73.1 Å². The van der Waals surface area contributed by atoms with E-state index in [1.54, 1.807) is 27.6 Å². The smallest absolute Gasteiger partial charge is 0.311 e. The summed E-state index contributed by atoms with van der Waals surface area (Å²) in [5.74, 6) is -1.91. The van der Waals surface area contributed by atoms with E-state index in [2.05, 4.69) is 52.7 Å². The molecule has 0 aliphatic carbocycles. The number of aliphatic hydroxyl groups is 1. The molecule has 6 atom stereocenters. The van der Waals surface area contributed by atoms with E-state index in [1.807, 2.05) is 30.3 Å². The van der Waals surface area contributed by atoms with Gasteiger partial charge >= 0.3 is 5.97 Å². The fourth-order valence-corrected chi connectivity index (χ4v) is 10.2. The molecule has 3 saturated heterocycles. The van der Waals surface area contributed by atoms with Gasteiger partial charge in [0.2, 0.25) is 5.91 Å². The molecule has 1 aromatic rings. The molecule has 3 aliphatic rings. The number of allylic oxidation sites excluding steroid dienone is 1. The van der Waals surface area contributed by atoms with Crippen molar-refractivity contribution in [3.8, 4) is 0 Å². The third-order valence-corrected chi connectivity index (χ3v) is 12.0. The van der Waals surface area contributed by atoms with Gasteiger partial charge in [0.1, 0.15) is 6.04 Å². The molecular weight excluding hydrogens is 586 g/mol. The highest BCUT2D eigenvalue weighted by molar-refractivity contribution is 8.02. The van der Waals surface area contributed by atoms with Crippen molar-refractivity contribution in [2.45, 2.75) is 94.7 Å². The van der Waals surface area contributed by atoms with E-state index in [-0.39, 0.29) is 36.9 Å². The molecule has 2 amide bonds. The van der Waals surface area contributed by atoms with Gasteiger partial charge in [-0.25, -0.2) is 0 Å². The van der Waals surface area contributed by atoms with Gasteiger partial charge in [0.05, 0.1) is 35.8 Å². The number of likely N-dealkylation sites (tertiary alicyclic amines) is 1. The zero-order chi connectivity index (χ0) is 32.9. The van der Waals surface area contributed by atoms with Crippen molar-refractivity contribution in [1.29, 1.82) is 0 Å². The van der Waals surface area contributed by atoms with Crippen LogP contribution in [0.25, 0.3) is 0 Å². The van der Waals surface area contributed by atoms with Crippen LogP contribution in [0, 0.1) is 17.8 Å². The Bertz CT molecular complexity index is 1230. The average molecular weight is 640 g/mol. The van der Waals surface area contributed by atoms with Crippen LogP contribution in [0.2, 0.25) is 0 Å². The molecule has 0 saturated carbocycles. The molecule has 1 aromatic carbocycles. The summed E-state index contributed by atoms with van der Waals surface area (Å²) in [4.78, 5) is 49.0. The van der Waals surface area contributed by atoms with Gasteiger partial charge in [-0.2, -0.15) is 0 Å². The first-order valence-corrected chi connectivity index (χ1v) is 17.5. The Labute approximate surface area is 274 Å². The molecule has 1 N–H and O–H groups in total. The fourth-order valence-electron chi connectivity index (χ4n) is 7.90. The van der Waals surface area contributed by atoms with Crippen molar-refractivity contribution >= 4 is 40.9 Å². The van der Waals surface area contributed by atoms with E-state index in [4.69, 9.17) is 4.74 Å². The van der Waals surface area contributed by atoms with Crippen LogP contribution < -0.4 is 9.80 Å². The number of ether oxygens (including phenoxy) is 1. The molecule has 2 unspecified atom stereocenters. The van der Waals surface area contributed by atoms with E-state index in [1.165, 1.54) is 0 Å². The molecular formula is C36H53N3O5S. The Kier molecular flexibility index (Phi) is 11.5. The maximum Gasteiger partial charge on any atom is 0.311 e. The third kappa shape index (κ3) is 6.57. The molecule has 4 rings (SSSR count). The quantitative estimate of drug-likeness (QED) is 0.130. The molecule has 0 aromatic heterocycles. The number of carbonyl (C=O) groups is 3. The van der Waals surface area contributed by atoms with Crippen LogP contribution in [0.3, 0.4) is 0 Å². The van der Waals surface area contributed by atoms with E-state index >= 15 is 0 Å². The second-order valence-corrected chi connectivity index (χ2v) is 15.2. The molecule has 0 radical (unpaired) electrons. The van der Waals surface area contributed by atoms with Gasteiger partial charge in [-0.1, -0.05) is 26.0 Å². The Morgan fingerprint density at radius 1 is 1.11 bits per heavy atom. The third-order valence-electron chi connectivity index (χ3n) is 9.96.